The first-order valence-corrected chi connectivity index (χ1v) is 10.3. The number of hydrogen-bond donors (Lipinski definition) is 1. The van der Waals surface area contributed by atoms with Crippen LogP contribution in [0.15, 0.2) is 46.0 Å². The Morgan fingerprint density at radius 2 is 1.87 bits per heavy atom. The second-order valence-corrected chi connectivity index (χ2v) is 8.44. The second kappa shape index (κ2) is 7.47. The van der Waals surface area contributed by atoms with Crippen molar-refractivity contribution in [2.45, 2.75) is 36.6 Å². The Hall–Kier alpha value is -2.68. The summed E-state index contributed by atoms with van der Waals surface area (Å²) in [5.74, 6) is -0.275. The molecule has 10 nitrogen and oxygen atoms in total. The van der Waals surface area contributed by atoms with E-state index < -0.39 is 58.0 Å². The van der Waals surface area contributed by atoms with Crippen LogP contribution >= 0.6 is 0 Å². The second-order valence-electron chi connectivity index (χ2n) is 6.87. The number of nitrogens with zero attached hydrogens (tertiary/aromatic N) is 2. The molecular formula is C17H15F3N2O8S. The Kier molecular flexibility index (Phi) is 5.20. The number of fused-ring (bicyclic) bond motifs is 4. The number of halogens is 3. The zero-order valence-electron chi connectivity index (χ0n) is 15.4. The average molecular weight is 464 g/mol. The Morgan fingerprint density at radius 1 is 1.19 bits per heavy atom. The van der Waals surface area contributed by atoms with Gasteiger partial charge in [0.15, 0.2) is 6.23 Å². The predicted molar refractivity (Wildman–Crippen MR) is 95.8 cm³/mol. The Bertz CT molecular complexity index is 1210. The molecular weight excluding hydrogens is 449 g/mol. The number of aliphatic hydroxyl groups is 1. The molecule has 0 spiro atoms. The molecule has 168 valence electrons. The fraction of sp³-hybridized carbons (Fsp3) is 0.412. The number of alkyl halides is 3. The molecule has 4 atom stereocenters. The Balaban J connectivity index is 1.72. The highest BCUT2D eigenvalue weighted by Gasteiger charge is 2.56. The summed E-state index contributed by atoms with van der Waals surface area (Å²) in [6, 6.07) is 9.44. The number of ether oxygens (including phenoxy) is 2. The molecule has 1 aromatic heterocycles. The Morgan fingerprint density at radius 3 is 2.52 bits per heavy atom. The van der Waals surface area contributed by atoms with Crippen LogP contribution in [0.2, 0.25) is 0 Å². The highest BCUT2D eigenvalue weighted by Crippen LogP contribution is 2.38. The molecule has 0 aliphatic carbocycles. The van der Waals surface area contributed by atoms with E-state index in [4.69, 9.17) is 9.47 Å². The van der Waals surface area contributed by atoms with Crippen molar-refractivity contribution < 1.29 is 40.4 Å². The lowest BCUT2D eigenvalue weighted by Gasteiger charge is -2.25. The van der Waals surface area contributed by atoms with Gasteiger partial charge in [-0.05, 0) is 5.56 Å². The van der Waals surface area contributed by atoms with Crippen molar-refractivity contribution in [1.82, 2.24) is 9.13 Å². The predicted octanol–water partition coefficient (Wildman–Crippen LogP) is -0.0562. The van der Waals surface area contributed by atoms with E-state index in [1.54, 1.807) is 30.3 Å². The van der Waals surface area contributed by atoms with Crippen molar-refractivity contribution in [3.8, 4) is 5.88 Å². The van der Waals surface area contributed by atoms with Gasteiger partial charge in [0.05, 0.1) is 12.6 Å². The van der Waals surface area contributed by atoms with E-state index in [0.29, 0.717) is 5.56 Å². The van der Waals surface area contributed by atoms with Crippen LogP contribution in [-0.2, 0) is 25.6 Å². The van der Waals surface area contributed by atoms with E-state index in [-0.39, 0.29) is 12.4 Å². The van der Waals surface area contributed by atoms with Crippen LogP contribution in [0.25, 0.3) is 0 Å². The van der Waals surface area contributed by atoms with E-state index in [2.05, 4.69) is 4.18 Å². The number of hydrogen-bond acceptors (Lipinski definition) is 8. The fourth-order valence-electron chi connectivity index (χ4n) is 3.38. The highest BCUT2D eigenvalue weighted by atomic mass is 32.2. The van der Waals surface area contributed by atoms with Crippen LogP contribution in [0.4, 0.5) is 13.2 Å². The van der Waals surface area contributed by atoms with Gasteiger partial charge in [0.1, 0.15) is 24.9 Å². The molecule has 1 fully saturated rings. The first kappa shape index (κ1) is 21.5. The molecule has 0 saturated carbocycles. The fourth-order valence-corrected chi connectivity index (χ4v) is 4.02. The summed E-state index contributed by atoms with van der Waals surface area (Å²) >= 11 is 0. The molecule has 4 rings (SSSR count). The molecule has 2 aliphatic heterocycles. The van der Waals surface area contributed by atoms with Crippen LogP contribution in [0, 0.1) is 0 Å². The molecule has 2 aromatic rings. The van der Waals surface area contributed by atoms with E-state index in [0.717, 1.165) is 15.2 Å². The summed E-state index contributed by atoms with van der Waals surface area (Å²) < 4.78 is 77.2. The summed E-state index contributed by atoms with van der Waals surface area (Å²) in [5.41, 5.74) is -6.78. The van der Waals surface area contributed by atoms with Crippen molar-refractivity contribution in [2.75, 3.05) is 6.61 Å². The average Bonchev–Trinajstić information content (AvgIpc) is 2.86. The van der Waals surface area contributed by atoms with Gasteiger partial charge in [0.2, 0.25) is 5.88 Å². The number of aromatic nitrogens is 2. The zero-order chi connectivity index (χ0) is 22.6. The van der Waals surface area contributed by atoms with Crippen LogP contribution in [-0.4, -0.2) is 53.1 Å². The first-order valence-electron chi connectivity index (χ1n) is 8.86. The summed E-state index contributed by atoms with van der Waals surface area (Å²) in [4.78, 5) is 25.4. The molecule has 0 unspecified atom stereocenters. The Labute approximate surface area is 172 Å². The van der Waals surface area contributed by atoms with Crippen molar-refractivity contribution >= 4 is 10.1 Å². The van der Waals surface area contributed by atoms with E-state index in [1.165, 1.54) is 0 Å². The maximum atomic E-state index is 13.0. The highest BCUT2D eigenvalue weighted by molar-refractivity contribution is 7.87. The lowest BCUT2D eigenvalue weighted by atomic mass is 10.1. The van der Waals surface area contributed by atoms with Gasteiger partial charge < -0.3 is 14.6 Å². The van der Waals surface area contributed by atoms with Gasteiger partial charge in [-0.15, -0.1) is 0 Å². The third-order valence-electron chi connectivity index (χ3n) is 4.85. The molecule has 1 N–H and O–H groups in total. The van der Waals surface area contributed by atoms with Crippen LogP contribution in [0.1, 0.15) is 11.8 Å². The summed E-state index contributed by atoms with van der Waals surface area (Å²) in [6.45, 7) is -0.694. The smallest absolute Gasteiger partial charge is 0.476 e. The van der Waals surface area contributed by atoms with Gasteiger partial charge in [-0.3, -0.25) is 13.5 Å². The third-order valence-corrected chi connectivity index (χ3v) is 5.89. The molecule has 31 heavy (non-hydrogen) atoms. The van der Waals surface area contributed by atoms with Gasteiger partial charge in [-0.2, -0.15) is 21.6 Å². The van der Waals surface area contributed by atoms with Crippen LogP contribution < -0.4 is 16.0 Å². The maximum absolute atomic E-state index is 13.0. The molecule has 0 amide bonds. The minimum Gasteiger partial charge on any atom is -0.476 e. The zero-order valence-corrected chi connectivity index (χ0v) is 16.2. The van der Waals surface area contributed by atoms with Gasteiger partial charge >= 0.3 is 21.3 Å². The van der Waals surface area contributed by atoms with Crippen LogP contribution in [0.5, 0.6) is 5.88 Å². The molecule has 3 heterocycles. The van der Waals surface area contributed by atoms with E-state index in [1.807, 2.05) is 0 Å². The van der Waals surface area contributed by atoms with E-state index >= 15 is 0 Å². The van der Waals surface area contributed by atoms with E-state index in [9.17, 15) is 36.3 Å². The molecule has 1 aromatic carbocycles. The standard InChI is InChI=1S/C17H15F3N2O8S/c18-17(19,20)31(26,27)30-14-10-8-28-12-6-11(23)21(7-9-4-2-1-3-5-9)16(25)22(12)15(29-10)13(14)24/h1-6,10,13-15,24H,7-8H2/t10-,13-,14-,15-/m1/s1. The van der Waals surface area contributed by atoms with Gasteiger partial charge in [0.25, 0.3) is 5.56 Å². The largest absolute Gasteiger partial charge is 0.523 e. The van der Waals surface area contributed by atoms with Gasteiger partial charge in [-0.1, -0.05) is 30.3 Å². The molecule has 14 heteroatoms. The minimum absolute atomic E-state index is 0.132. The van der Waals surface area contributed by atoms with Gasteiger partial charge in [0, 0.05) is 0 Å². The summed E-state index contributed by atoms with van der Waals surface area (Å²) in [5, 5.41) is 10.4. The monoisotopic (exact) mass is 464 g/mol. The summed E-state index contributed by atoms with van der Waals surface area (Å²) in [7, 11) is -6.05. The van der Waals surface area contributed by atoms with Gasteiger partial charge in [-0.25, -0.2) is 9.36 Å². The third kappa shape index (κ3) is 3.75. The van der Waals surface area contributed by atoms with Crippen molar-refractivity contribution in [3.05, 3.63) is 62.8 Å². The summed E-state index contributed by atoms with van der Waals surface area (Å²) in [6.07, 6.45) is -7.03. The quantitative estimate of drug-likeness (QED) is 0.493. The molecule has 1 saturated heterocycles. The SMILES string of the molecule is O=c1cc2n(c(=O)n1Cc1ccccc1)[C@@H]1O[C@H](CO2)[C@@H](OS(=O)(=O)C(F)(F)F)[C@H]1O. The maximum Gasteiger partial charge on any atom is 0.523 e. The van der Waals surface area contributed by atoms with Crippen molar-refractivity contribution in [3.63, 3.8) is 0 Å². The topological polar surface area (TPSA) is 126 Å². The minimum atomic E-state index is -6.05. The number of rotatable bonds is 4. The molecule has 2 bridgehead atoms. The lowest BCUT2D eigenvalue weighted by molar-refractivity contribution is -0.0653. The lowest BCUT2D eigenvalue weighted by Crippen LogP contribution is -2.47. The molecule has 0 radical (unpaired) electrons. The van der Waals surface area contributed by atoms with Crippen LogP contribution in [0.3, 0.4) is 0 Å². The van der Waals surface area contributed by atoms with Crippen molar-refractivity contribution in [2.24, 2.45) is 0 Å². The number of benzene rings is 1. The number of aliphatic hydroxyl groups excluding tert-OH is 1. The molecule has 2 aliphatic rings. The normalized spacial score (nSPS) is 25.5. The first-order chi connectivity index (χ1) is 14.5. The van der Waals surface area contributed by atoms with Crippen molar-refractivity contribution in [1.29, 1.82) is 0 Å².